The predicted octanol–water partition coefficient (Wildman–Crippen LogP) is 9.60. The lowest BCUT2D eigenvalue weighted by molar-refractivity contribution is -0.696. The van der Waals surface area contributed by atoms with E-state index in [0.29, 0.717) is 0 Å². The molecule has 4 aromatic heterocycles. The average Bonchev–Trinajstić information content (AvgIpc) is 4.14. The molecule has 0 spiro atoms. The Hall–Kier alpha value is -6.83. The predicted molar refractivity (Wildman–Crippen MR) is 240 cm³/mol. The maximum Gasteiger partial charge on any atom is 0.248 e. The molecule has 0 aliphatic carbocycles. The van der Waals surface area contributed by atoms with Gasteiger partial charge in [0, 0.05) is 44.3 Å². The lowest BCUT2D eigenvalue weighted by Gasteiger charge is -2.07. The summed E-state index contributed by atoms with van der Waals surface area (Å²) in [5.74, 6) is 0. The molecule has 10 rings (SSSR count). The van der Waals surface area contributed by atoms with Crippen molar-refractivity contribution < 1.29 is 21.5 Å². The normalized spacial score (nSPS) is 11.8. The first-order valence-corrected chi connectivity index (χ1v) is 20.2. The summed E-state index contributed by atoms with van der Waals surface area (Å²) >= 11 is 0. The Labute approximate surface area is 354 Å². The van der Waals surface area contributed by atoms with Crippen LogP contribution in [0.4, 0.5) is 0 Å². The molecule has 7 heteroatoms. The Kier molecular flexibility index (Phi) is 10.6. The number of hydrogen-bond donors (Lipinski definition) is 2. The van der Waals surface area contributed by atoms with Crippen LogP contribution in [0, 0.1) is 0 Å². The fourth-order valence-corrected chi connectivity index (χ4v) is 8.26. The molecule has 0 unspecified atom stereocenters. The highest BCUT2D eigenvalue weighted by Gasteiger charge is 2.20. The highest BCUT2D eigenvalue weighted by molar-refractivity contribution is 6.00. The topological polar surface area (TPSA) is 66.2 Å². The van der Waals surface area contributed by atoms with Crippen LogP contribution in [0.2, 0.25) is 0 Å². The zero-order chi connectivity index (χ0) is 38.8. The zero-order valence-corrected chi connectivity index (χ0v) is 34.4. The minimum absolute atomic E-state index is 0. The van der Waals surface area contributed by atoms with Crippen molar-refractivity contribution >= 4 is 46.4 Å². The van der Waals surface area contributed by atoms with Gasteiger partial charge in [0.05, 0.1) is 29.3 Å². The first-order valence-electron chi connectivity index (χ1n) is 20.2. The summed E-state index contributed by atoms with van der Waals surface area (Å²) in [5, 5.41) is 0. The number of halogens is 1. The molecule has 0 saturated carbocycles. The van der Waals surface area contributed by atoms with Crippen LogP contribution >= 0.6 is 0 Å². The molecule has 2 N–H and O–H groups in total. The summed E-state index contributed by atoms with van der Waals surface area (Å²) in [5.41, 5.74) is 17.1. The summed E-state index contributed by atoms with van der Waals surface area (Å²) in [7, 11) is 0. The molecular formula is C52H43BrN6. The van der Waals surface area contributed by atoms with Gasteiger partial charge in [-0.05, 0) is 108 Å². The highest BCUT2D eigenvalue weighted by Crippen LogP contribution is 2.38. The van der Waals surface area contributed by atoms with Gasteiger partial charge in [0.15, 0.2) is 0 Å². The Morgan fingerprint density at radius 1 is 0.475 bits per heavy atom. The van der Waals surface area contributed by atoms with Gasteiger partial charge in [-0.25, -0.2) is 19.1 Å². The van der Waals surface area contributed by atoms with Crippen molar-refractivity contribution in [3.63, 3.8) is 0 Å². The fraction of sp³-hybridized carbons (Fsp3) is 0.0962. The number of nitrogens with one attached hydrogen (secondary N) is 2. The van der Waals surface area contributed by atoms with Crippen molar-refractivity contribution in [2.45, 2.75) is 32.7 Å². The summed E-state index contributed by atoms with van der Waals surface area (Å²) in [4.78, 5) is 18.6. The van der Waals surface area contributed by atoms with Crippen LogP contribution in [0.5, 0.6) is 0 Å². The zero-order valence-electron chi connectivity index (χ0n) is 32.8. The third-order valence-corrected chi connectivity index (χ3v) is 11.1. The van der Waals surface area contributed by atoms with Gasteiger partial charge in [0.1, 0.15) is 18.1 Å². The summed E-state index contributed by atoms with van der Waals surface area (Å²) in [6.45, 7) is 3.27. The molecule has 6 nitrogen and oxygen atoms in total. The second kappa shape index (κ2) is 16.6. The van der Waals surface area contributed by atoms with Crippen LogP contribution in [0.15, 0.2) is 158 Å². The SMILES string of the molecule is CCCCC[n+]1ccn(-c2ccc(-c3c4nc(c(-c5ccccc5)c5ccc([nH]5)c(-c5ccccc5)c5ccc([nH]5)c(-c5ccccc5)c5nc3C=C5)C=C4)cc2)c1.[Br-]. The molecule has 0 atom stereocenters. The number of aromatic nitrogens is 6. The minimum atomic E-state index is 0. The molecule has 4 aromatic carbocycles. The molecule has 8 bridgehead atoms. The molecule has 2 aliphatic rings. The van der Waals surface area contributed by atoms with Gasteiger partial charge in [0.25, 0.3) is 0 Å². The number of unbranched alkanes of at least 4 members (excludes halogenated alkanes) is 2. The highest BCUT2D eigenvalue weighted by atomic mass is 79.9. The number of aryl methyl sites for hydroxylation is 1. The van der Waals surface area contributed by atoms with Crippen molar-refractivity contribution in [1.82, 2.24) is 24.5 Å². The first-order chi connectivity index (χ1) is 28.7. The quantitative estimate of drug-likeness (QED) is 0.113. The van der Waals surface area contributed by atoms with Gasteiger partial charge >= 0.3 is 0 Å². The number of H-pyrrole nitrogens is 2. The van der Waals surface area contributed by atoms with E-state index < -0.39 is 0 Å². The van der Waals surface area contributed by atoms with Crippen molar-refractivity contribution in [3.05, 3.63) is 181 Å². The second-order valence-electron chi connectivity index (χ2n) is 14.9. The van der Waals surface area contributed by atoms with Crippen molar-refractivity contribution in [2.75, 3.05) is 0 Å². The molecule has 2 aliphatic heterocycles. The van der Waals surface area contributed by atoms with E-state index in [1.54, 1.807) is 0 Å². The largest absolute Gasteiger partial charge is 1.00 e. The van der Waals surface area contributed by atoms with Crippen LogP contribution in [0.1, 0.15) is 49.0 Å². The van der Waals surface area contributed by atoms with E-state index in [0.717, 1.165) is 102 Å². The first kappa shape index (κ1) is 37.7. The number of rotatable bonds is 9. The molecule has 288 valence electrons. The fourth-order valence-electron chi connectivity index (χ4n) is 8.26. The summed E-state index contributed by atoms with van der Waals surface area (Å²) in [6.07, 6.45) is 18.7. The van der Waals surface area contributed by atoms with Gasteiger partial charge in [-0.3, -0.25) is 0 Å². The van der Waals surface area contributed by atoms with E-state index in [2.05, 4.69) is 209 Å². The molecule has 0 fully saturated rings. The van der Waals surface area contributed by atoms with E-state index >= 15 is 0 Å². The lowest BCUT2D eigenvalue weighted by Crippen LogP contribution is -3.00. The van der Waals surface area contributed by atoms with E-state index in [1.807, 2.05) is 0 Å². The van der Waals surface area contributed by atoms with E-state index in [9.17, 15) is 0 Å². The molecule has 0 radical (unpaired) electrons. The van der Waals surface area contributed by atoms with Crippen molar-refractivity contribution in [2.24, 2.45) is 0 Å². The van der Waals surface area contributed by atoms with Crippen LogP contribution in [0.25, 0.3) is 96.6 Å². The number of imidazole rings is 1. The smallest absolute Gasteiger partial charge is 0.248 e. The van der Waals surface area contributed by atoms with Gasteiger partial charge in [0.2, 0.25) is 6.33 Å². The molecule has 59 heavy (non-hydrogen) atoms. The third-order valence-electron chi connectivity index (χ3n) is 11.1. The van der Waals surface area contributed by atoms with E-state index in [1.165, 1.54) is 19.3 Å². The summed E-state index contributed by atoms with van der Waals surface area (Å²) < 4.78 is 4.46. The lowest BCUT2D eigenvalue weighted by atomic mass is 10.0. The Balaban J connectivity index is 0.00000449. The third kappa shape index (κ3) is 7.41. The maximum atomic E-state index is 5.45. The Bertz CT molecular complexity index is 2850. The van der Waals surface area contributed by atoms with Crippen LogP contribution < -0.4 is 21.5 Å². The molecule has 0 amide bonds. The van der Waals surface area contributed by atoms with Crippen LogP contribution in [-0.4, -0.2) is 24.5 Å². The van der Waals surface area contributed by atoms with E-state index in [-0.39, 0.29) is 17.0 Å². The molecular weight excluding hydrogens is 789 g/mol. The number of aromatic amines is 2. The van der Waals surface area contributed by atoms with Crippen molar-refractivity contribution in [3.8, 4) is 50.2 Å². The standard InChI is InChI=1S/C52H43N6.BrH/c1-2-3-13-32-57-33-34-58(35-57)40-22-20-39(21-23-40)52-47-30-28-45(55-47)50(37-16-9-5-10-17-37)43-26-24-41(53-43)49(36-14-7-4-8-15-36)42-25-27-44(54-42)51(38-18-11-6-12-19-38)46-29-31-48(52)56-46;/h4-12,14-31,33-35,53-54H,2-3,13,32H2,1H3;1H/q+1;/p-1. The number of hydrogen-bond acceptors (Lipinski definition) is 2. The Morgan fingerprint density at radius 2 is 0.898 bits per heavy atom. The number of benzene rings is 4. The molecule has 8 aromatic rings. The van der Waals surface area contributed by atoms with E-state index in [4.69, 9.17) is 9.97 Å². The van der Waals surface area contributed by atoms with Gasteiger partial charge in [-0.1, -0.05) is 104 Å². The molecule has 6 heterocycles. The monoisotopic (exact) mass is 830 g/mol. The summed E-state index contributed by atoms with van der Waals surface area (Å²) in [6, 6.07) is 49.2. The van der Waals surface area contributed by atoms with Gasteiger partial charge in [-0.15, -0.1) is 0 Å². The Morgan fingerprint density at radius 3 is 1.37 bits per heavy atom. The van der Waals surface area contributed by atoms with Gasteiger partial charge < -0.3 is 26.9 Å². The average molecular weight is 832 g/mol. The molecule has 0 saturated heterocycles. The van der Waals surface area contributed by atoms with Crippen LogP contribution in [0.3, 0.4) is 0 Å². The van der Waals surface area contributed by atoms with Crippen molar-refractivity contribution in [1.29, 1.82) is 0 Å². The number of nitrogens with zero attached hydrogens (tertiary/aromatic N) is 4. The minimum Gasteiger partial charge on any atom is -1.00 e. The van der Waals surface area contributed by atoms with Crippen LogP contribution in [-0.2, 0) is 6.54 Å². The number of fused-ring (bicyclic) bond motifs is 8. The second-order valence-corrected chi connectivity index (χ2v) is 14.9. The maximum absolute atomic E-state index is 5.45. The van der Waals surface area contributed by atoms with Gasteiger partial charge in [-0.2, -0.15) is 0 Å².